The predicted molar refractivity (Wildman–Crippen MR) is 78.7 cm³/mol. The van der Waals surface area contributed by atoms with Crippen LogP contribution in [-0.2, 0) is 0 Å². The zero-order chi connectivity index (χ0) is 12.5. The van der Waals surface area contributed by atoms with E-state index < -0.39 is 0 Å². The molecule has 3 rings (SSSR count). The third-order valence-electron chi connectivity index (χ3n) is 3.55. The molecule has 3 nitrogen and oxygen atoms in total. The first-order chi connectivity index (χ1) is 8.76. The monoisotopic (exact) mass is 281 g/mol. The standard InChI is InChI=1S/C13H16ClN3S/c1-15-9-3-2-4-10(9)16-13-17-11-6-5-8(14)7-12(11)18-13/h5-7,9-10,15H,2-4H2,1H3,(H,16,17)/t9-,10-/m0/s1. The molecule has 0 unspecified atom stereocenters. The summed E-state index contributed by atoms with van der Waals surface area (Å²) in [5.41, 5.74) is 1.02. The van der Waals surface area contributed by atoms with Gasteiger partial charge in [-0.1, -0.05) is 22.9 Å². The summed E-state index contributed by atoms with van der Waals surface area (Å²) < 4.78 is 1.14. The molecule has 0 bridgehead atoms. The number of nitrogens with one attached hydrogen (secondary N) is 2. The van der Waals surface area contributed by atoms with E-state index in [1.807, 2.05) is 25.2 Å². The van der Waals surface area contributed by atoms with E-state index in [2.05, 4.69) is 15.6 Å². The molecule has 1 heterocycles. The maximum Gasteiger partial charge on any atom is 0.184 e. The average molecular weight is 282 g/mol. The number of anilines is 1. The molecule has 2 aromatic rings. The molecule has 2 N–H and O–H groups in total. The van der Waals surface area contributed by atoms with Gasteiger partial charge in [0, 0.05) is 17.1 Å². The number of likely N-dealkylation sites (N-methyl/N-ethyl adjacent to an activating group) is 1. The zero-order valence-electron chi connectivity index (χ0n) is 10.2. The Labute approximate surface area is 116 Å². The van der Waals surface area contributed by atoms with Crippen LogP contribution in [0.1, 0.15) is 19.3 Å². The Morgan fingerprint density at radius 1 is 1.33 bits per heavy atom. The Balaban J connectivity index is 1.82. The van der Waals surface area contributed by atoms with Gasteiger partial charge in [-0.05, 0) is 44.5 Å². The summed E-state index contributed by atoms with van der Waals surface area (Å²) in [7, 11) is 2.03. The largest absolute Gasteiger partial charge is 0.357 e. The maximum atomic E-state index is 5.99. The lowest BCUT2D eigenvalue weighted by atomic mass is 10.2. The quantitative estimate of drug-likeness (QED) is 0.904. The second-order valence-corrected chi connectivity index (χ2v) is 6.18. The first-order valence-corrected chi connectivity index (χ1v) is 7.45. The van der Waals surface area contributed by atoms with E-state index in [1.54, 1.807) is 11.3 Å². The average Bonchev–Trinajstić information content (AvgIpc) is 2.94. The Morgan fingerprint density at radius 2 is 2.17 bits per heavy atom. The van der Waals surface area contributed by atoms with E-state index in [-0.39, 0.29) is 0 Å². The van der Waals surface area contributed by atoms with Crippen LogP contribution in [-0.4, -0.2) is 24.1 Å². The molecule has 1 aromatic carbocycles. The van der Waals surface area contributed by atoms with Gasteiger partial charge in [-0.2, -0.15) is 0 Å². The fraction of sp³-hybridized carbons (Fsp3) is 0.462. The van der Waals surface area contributed by atoms with Crippen molar-refractivity contribution in [3.05, 3.63) is 23.2 Å². The molecule has 0 aliphatic heterocycles. The minimum atomic E-state index is 0.492. The number of hydrogen-bond donors (Lipinski definition) is 2. The van der Waals surface area contributed by atoms with Crippen LogP contribution in [0.5, 0.6) is 0 Å². The van der Waals surface area contributed by atoms with E-state index in [0.29, 0.717) is 12.1 Å². The second kappa shape index (κ2) is 5.03. The molecule has 1 aliphatic rings. The highest BCUT2D eigenvalue weighted by atomic mass is 35.5. The van der Waals surface area contributed by atoms with Crippen molar-refractivity contribution in [2.24, 2.45) is 0 Å². The normalized spacial score (nSPS) is 23.7. The lowest BCUT2D eigenvalue weighted by Crippen LogP contribution is -2.37. The van der Waals surface area contributed by atoms with Crippen LogP contribution in [0, 0.1) is 0 Å². The van der Waals surface area contributed by atoms with Gasteiger partial charge in [0.1, 0.15) is 0 Å². The summed E-state index contributed by atoms with van der Waals surface area (Å²) in [6, 6.07) is 6.89. The first kappa shape index (κ1) is 12.2. The SMILES string of the molecule is CN[C@H]1CCC[C@@H]1Nc1nc2ccc(Cl)cc2s1. The Morgan fingerprint density at radius 3 is 3.00 bits per heavy atom. The van der Waals surface area contributed by atoms with E-state index in [0.717, 1.165) is 20.4 Å². The minimum absolute atomic E-state index is 0.492. The molecule has 0 spiro atoms. The number of benzene rings is 1. The van der Waals surface area contributed by atoms with E-state index in [4.69, 9.17) is 11.6 Å². The number of nitrogens with zero attached hydrogens (tertiary/aromatic N) is 1. The van der Waals surface area contributed by atoms with Crippen molar-refractivity contribution in [2.45, 2.75) is 31.3 Å². The summed E-state index contributed by atoms with van der Waals surface area (Å²) in [5.74, 6) is 0. The van der Waals surface area contributed by atoms with Gasteiger partial charge < -0.3 is 10.6 Å². The predicted octanol–water partition coefficient (Wildman–Crippen LogP) is 3.50. The molecule has 2 atom stereocenters. The molecular formula is C13H16ClN3S. The fourth-order valence-electron chi connectivity index (χ4n) is 2.60. The topological polar surface area (TPSA) is 37.0 Å². The third kappa shape index (κ3) is 2.32. The molecule has 18 heavy (non-hydrogen) atoms. The molecule has 96 valence electrons. The highest BCUT2D eigenvalue weighted by Crippen LogP contribution is 2.30. The lowest BCUT2D eigenvalue weighted by Gasteiger charge is -2.19. The van der Waals surface area contributed by atoms with Crippen LogP contribution in [0.15, 0.2) is 18.2 Å². The molecule has 1 aromatic heterocycles. The van der Waals surface area contributed by atoms with Gasteiger partial charge in [0.2, 0.25) is 0 Å². The van der Waals surface area contributed by atoms with E-state index in [9.17, 15) is 0 Å². The van der Waals surface area contributed by atoms with Crippen LogP contribution in [0.4, 0.5) is 5.13 Å². The van der Waals surface area contributed by atoms with Crippen LogP contribution in [0.2, 0.25) is 5.02 Å². The number of thiazole rings is 1. The highest BCUT2D eigenvalue weighted by molar-refractivity contribution is 7.22. The summed E-state index contributed by atoms with van der Waals surface area (Å²) in [4.78, 5) is 4.61. The Kier molecular flexibility index (Phi) is 3.41. The van der Waals surface area contributed by atoms with Crippen LogP contribution in [0.3, 0.4) is 0 Å². The van der Waals surface area contributed by atoms with Crippen molar-refractivity contribution in [1.82, 2.24) is 10.3 Å². The Bertz CT molecular complexity index is 554. The molecular weight excluding hydrogens is 266 g/mol. The molecule has 1 fully saturated rings. The van der Waals surface area contributed by atoms with Crippen molar-refractivity contribution in [3.63, 3.8) is 0 Å². The molecule has 0 radical (unpaired) electrons. The third-order valence-corrected chi connectivity index (χ3v) is 4.73. The van der Waals surface area contributed by atoms with Gasteiger partial charge in [-0.25, -0.2) is 4.98 Å². The van der Waals surface area contributed by atoms with E-state index >= 15 is 0 Å². The van der Waals surface area contributed by atoms with Gasteiger partial charge in [0.15, 0.2) is 5.13 Å². The highest BCUT2D eigenvalue weighted by Gasteiger charge is 2.26. The smallest absolute Gasteiger partial charge is 0.184 e. The Hall–Kier alpha value is -0.840. The van der Waals surface area contributed by atoms with Gasteiger partial charge >= 0.3 is 0 Å². The summed E-state index contributed by atoms with van der Waals surface area (Å²) >= 11 is 7.67. The van der Waals surface area contributed by atoms with Gasteiger partial charge in [-0.3, -0.25) is 0 Å². The van der Waals surface area contributed by atoms with Crippen molar-refractivity contribution in [1.29, 1.82) is 0 Å². The lowest BCUT2D eigenvalue weighted by molar-refractivity contribution is 0.540. The summed E-state index contributed by atoms with van der Waals surface area (Å²) in [5, 5.41) is 8.69. The van der Waals surface area contributed by atoms with E-state index in [1.165, 1.54) is 19.3 Å². The minimum Gasteiger partial charge on any atom is -0.357 e. The molecule has 5 heteroatoms. The molecule has 0 saturated heterocycles. The zero-order valence-corrected chi connectivity index (χ0v) is 11.8. The number of fused-ring (bicyclic) bond motifs is 1. The van der Waals surface area contributed by atoms with Crippen LogP contribution < -0.4 is 10.6 Å². The van der Waals surface area contributed by atoms with Crippen molar-refractivity contribution < 1.29 is 0 Å². The maximum absolute atomic E-state index is 5.99. The first-order valence-electron chi connectivity index (χ1n) is 6.26. The molecule has 0 amide bonds. The van der Waals surface area contributed by atoms with Crippen molar-refractivity contribution >= 4 is 38.3 Å². The summed E-state index contributed by atoms with van der Waals surface area (Å²) in [6.07, 6.45) is 3.73. The molecule has 1 aliphatic carbocycles. The number of aromatic nitrogens is 1. The second-order valence-electron chi connectivity index (χ2n) is 4.71. The molecule has 1 saturated carbocycles. The van der Waals surface area contributed by atoms with Crippen LogP contribution in [0.25, 0.3) is 10.2 Å². The van der Waals surface area contributed by atoms with Gasteiger partial charge in [-0.15, -0.1) is 0 Å². The summed E-state index contributed by atoms with van der Waals surface area (Å²) in [6.45, 7) is 0. The van der Waals surface area contributed by atoms with Crippen molar-refractivity contribution in [2.75, 3.05) is 12.4 Å². The number of rotatable bonds is 3. The van der Waals surface area contributed by atoms with Gasteiger partial charge in [0.05, 0.1) is 10.2 Å². The van der Waals surface area contributed by atoms with Crippen LogP contribution >= 0.6 is 22.9 Å². The van der Waals surface area contributed by atoms with Gasteiger partial charge in [0.25, 0.3) is 0 Å². The van der Waals surface area contributed by atoms with Crippen molar-refractivity contribution in [3.8, 4) is 0 Å². The number of halogens is 1. The number of hydrogen-bond acceptors (Lipinski definition) is 4. The fourth-order valence-corrected chi connectivity index (χ4v) is 3.80.